The van der Waals surface area contributed by atoms with Crippen LogP contribution in [0.3, 0.4) is 0 Å². The summed E-state index contributed by atoms with van der Waals surface area (Å²) in [6.45, 7) is 8.39. The SMILES string of the molecule is CC(C)(C)OC(=O)N1CCCO[C@H](C(=O)N[C@](C)(C#N)Cc2ccc(-c3ccc4oc(=O)n(CCOCCO)c4c3)cc2)C1. The van der Waals surface area contributed by atoms with Crippen LogP contribution in [0.1, 0.15) is 39.7 Å². The fourth-order valence-electron chi connectivity index (χ4n) is 4.94. The van der Waals surface area contributed by atoms with Crippen LogP contribution in [0.5, 0.6) is 0 Å². The molecule has 12 nitrogen and oxygen atoms in total. The minimum atomic E-state index is -1.23. The summed E-state index contributed by atoms with van der Waals surface area (Å²) in [6, 6.07) is 15.3. The average Bonchev–Trinajstić information content (AvgIpc) is 3.11. The summed E-state index contributed by atoms with van der Waals surface area (Å²) in [4.78, 5) is 39.7. The highest BCUT2D eigenvalue weighted by Gasteiger charge is 2.34. The molecule has 0 saturated carbocycles. The third-order valence-electron chi connectivity index (χ3n) is 7.07. The molecule has 0 radical (unpaired) electrons. The largest absolute Gasteiger partial charge is 0.444 e. The van der Waals surface area contributed by atoms with E-state index in [0.717, 1.165) is 16.7 Å². The van der Waals surface area contributed by atoms with Gasteiger partial charge < -0.3 is 34.0 Å². The van der Waals surface area contributed by atoms with Crippen LogP contribution in [0.4, 0.5) is 4.79 Å². The first-order chi connectivity index (χ1) is 20.9. The van der Waals surface area contributed by atoms with Gasteiger partial charge in [-0.05, 0) is 62.9 Å². The van der Waals surface area contributed by atoms with E-state index in [1.807, 2.05) is 36.4 Å². The highest BCUT2D eigenvalue weighted by Crippen LogP contribution is 2.26. The molecular formula is C32H40N4O8. The summed E-state index contributed by atoms with van der Waals surface area (Å²) in [7, 11) is 0. The summed E-state index contributed by atoms with van der Waals surface area (Å²) in [6.07, 6.45) is -0.635. The predicted octanol–water partition coefficient (Wildman–Crippen LogP) is 3.24. The van der Waals surface area contributed by atoms with E-state index in [9.17, 15) is 19.6 Å². The van der Waals surface area contributed by atoms with Crippen LogP contribution < -0.4 is 11.1 Å². The molecular weight excluding hydrogens is 568 g/mol. The maximum Gasteiger partial charge on any atom is 0.420 e. The molecule has 1 aliphatic rings. The van der Waals surface area contributed by atoms with Gasteiger partial charge in [-0.2, -0.15) is 5.26 Å². The molecule has 0 bridgehead atoms. The number of carbonyl (C=O) groups excluding carboxylic acids is 2. The Bertz CT molecular complexity index is 1550. The molecule has 2 amide bonds. The van der Waals surface area contributed by atoms with Gasteiger partial charge in [0, 0.05) is 19.6 Å². The smallest absolute Gasteiger partial charge is 0.420 e. The van der Waals surface area contributed by atoms with Crippen LogP contribution in [0, 0.1) is 11.3 Å². The number of nitrogens with one attached hydrogen (secondary N) is 1. The lowest BCUT2D eigenvalue weighted by Gasteiger charge is -2.29. The van der Waals surface area contributed by atoms with Crippen molar-refractivity contribution < 1.29 is 33.3 Å². The number of hydrogen-bond acceptors (Lipinski definition) is 9. The number of benzene rings is 2. The van der Waals surface area contributed by atoms with Crippen LogP contribution in [0.2, 0.25) is 0 Å². The maximum atomic E-state index is 13.2. The van der Waals surface area contributed by atoms with Gasteiger partial charge in [-0.1, -0.05) is 30.3 Å². The standard InChI is InChI=1S/C32H40N4O8/c1-31(2,3)44-29(39)35-12-5-15-42-27(20-35)28(38)34-32(4,21-33)19-22-6-8-23(9-7-22)24-10-11-26-25(18-24)36(30(40)43-26)13-16-41-17-14-37/h6-11,18,27,37H,5,12-17,19-20H2,1-4H3,(H,34,38)/t27-,32-/m0/s1. The van der Waals surface area contributed by atoms with Crippen molar-refractivity contribution in [1.82, 2.24) is 14.8 Å². The van der Waals surface area contributed by atoms with Crippen molar-refractivity contribution in [2.24, 2.45) is 0 Å². The molecule has 0 aliphatic carbocycles. The van der Waals surface area contributed by atoms with E-state index < -0.39 is 35.0 Å². The van der Waals surface area contributed by atoms with Crippen LogP contribution in [0.15, 0.2) is 51.7 Å². The monoisotopic (exact) mass is 608 g/mol. The molecule has 2 atom stereocenters. The van der Waals surface area contributed by atoms with Gasteiger partial charge in [-0.25, -0.2) is 9.59 Å². The second-order valence-electron chi connectivity index (χ2n) is 12.0. The second kappa shape index (κ2) is 14.1. The zero-order valence-electron chi connectivity index (χ0n) is 25.6. The summed E-state index contributed by atoms with van der Waals surface area (Å²) >= 11 is 0. The van der Waals surface area contributed by atoms with Gasteiger partial charge >= 0.3 is 11.8 Å². The number of nitriles is 1. The Morgan fingerprint density at radius 3 is 2.52 bits per heavy atom. The number of aliphatic hydroxyl groups is 1. The minimum Gasteiger partial charge on any atom is -0.444 e. The highest BCUT2D eigenvalue weighted by atomic mass is 16.6. The zero-order chi connectivity index (χ0) is 31.9. The number of carbonyl (C=O) groups is 2. The third-order valence-corrected chi connectivity index (χ3v) is 7.07. The topological polar surface area (TPSA) is 156 Å². The van der Waals surface area contributed by atoms with E-state index in [2.05, 4.69) is 11.4 Å². The van der Waals surface area contributed by atoms with Gasteiger partial charge in [-0.15, -0.1) is 0 Å². The van der Waals surface area contributed by atoms with E-state index in [1.54, 1.807) is 33.8 Å². The normalized spacial score (nSPS) is 17.0. The predicted molar refractivity (Wildman–Crippen MR) is 162 cm³/mol. The number of hydrogen-bond donors (Lipinski definition) is 2. The number of oxazole rings is 1. The molecule has 1 aromatic heterocycles. The Morgan fingerprint density at radius 1 is 1.11 bits per heavy atom. The van der Waals surface area contributed by atoms with Crippen molar-refractivity contribution in [3.8, 4) is 17.2 Å². The van der Waals surface area contributed by atoms with Crippen LogP contribution in [-0.2, 0) is 32.0 Å². The van der Waals surface area contributed by atoms with Crippen LogP contribution in [-0.4, -0.2) is 83.3 Å². The van der Waals surface area contributed by atoms with Gasteiger partial charge in [0.05, 0.1) is 44.5 Å². The molecule has 1 saturated heterocycles. The number of aliphatic hydroxyl groups excluding tert-OH is 1. The van der Waals surface area contributed by atoms with Crippen LogP contribution >= 0.6 is 0 Å². The number of fused-ring (bicyclic) bond motifs is 1. The molecule has 44 heavy (non-hydrogen) atoms. The van der Waals surface area contributed by atoms with E-state index in [4.69, 9.17) is 23.7 Å². The van der Waals surface area contributed by atoms with Crippen molar-refractivity contribution in [2.45, 2.75) is 64.3 Å². The Kier molecular flexibility index (Phi) is 10.5. The molecule has 4 rings (SSSR count). The summed E-state index contributed by atoms with van der Waals surface area (Å²) in [5, 5.41) is 21.7. The van der Waals surface area contributed by atoms with Crippen molar-refractivity contribution in [1.29, 1.82) is 5.26 Å². The Morgan fingerprint density at radius 2 is 1.84 bits per heavy atom. The number of nitrogens with zero attached hydrogens (tertiary/aromatic N) is 3. The lowest BCUT2D eigenvalue weighted by molar-refractivity contribution is -0.134. The Balaban J connectivity index is 1.43. The second-order valence-corrected chi connectivity index (χ2v) is 12.0. The van der Waals surface area contributed by atoms with Crippen molar-refractivity contribution in [2.75, 3.05) is 39.5 Å². The van der Waals surface area contributed by atoms with Gasteiger partial charge in [0.1, 0.15) is 11.1 Å². The van der Waals surface area contributed by atoms with Gasteiger partial charge in [0.15, 0.2) is 11.7 Å². The molecule has 2 heterocycles. The average molecular weight is 609 g/mol. The zero-order valence-corrected chi connectivity index (χ0v) is 25.6. The quantitative estimate of drug-likeness (QED) is 0.330. The lowest BCUT2D eigenvalue weighted by Crippen LogP contribution is -2.53. The number of rotatable bonds is 10. The Hall–Kier alpha value is -4.18. The number of ether oxygens (including phenoxy) is 3. The molecule has 236 valence electrons. The van der Waals surface area contributed by atoms with Crippen molar-refractivity contribution in [3.05, 3.63) is 58.6 Å². The summed E-state index contributed by atoms with van der Waals surface area (Å²) < 4.78 is 23.4. The first kappa shape index (κ1) is 32.7. The molecule has 1 aliphatic heterocycles. The molecule has 0 unspecified atom stereocenters. The highest BCUT2D eigenvalue weighted by molar-refractivity contribution is 5.83. The molecule has 2 aromatic carbocycles. The van der Waals surface area contributed by atoms with Gasteiger partial charge in [-0.3, -0.25) is 9.36 Å². The van der Waals surface area contributed by atoms with E-state index in [0.29, 0.717) is 30.7 Å². The first-order valence-electron chi connectivity index (χ1n) is 14.7. The van der Waals surface area contributed by atoms with E-state index in [-0.39, 0.29) is 39.3 Å². The summed E-state index contributed by atoms with van der Waals surface area (Å²) in [5.41, 5.74) is 1.80. The van der Waals surface area contributed by atoms with Gasteiger partial charge in [0.25, 0.3) is 5.91 Å². The number of amides is 2. The fourth-order valence-corrected chi connectivity index (χ4v) is 4.94. The number of aromatic nitrogens is 1. The fraction of sp³-hybridized carbons (Fsp3) is 0.500. The first-order valence-corrected chi connectivity index (χ1v) is 14.7. The molecule has 3 aromatic rings. The third kappa shape index (κ3) is 8.47. The summed E-state index contributed by atoms with van der Waals surface area (Å²) in [5.74, 6) is -0.952. The minimum absolute atomic E-state index is 0.0292. The molecule has 12 heteroatoms. The maximum absolute atomic E-state index is 13.2. The van der Waals surface area contributed by atoms with Crippen molar-refractivity contribution >= 4 is 23.1 Å². The molecule has 2 N–H and O–H groups in total. The molecule has 1 fully saturated rings. The van der Waals surface area contributed by atoms with E-state index in [1.165, 1.54) is 9.47 Å². The van der Waals surface area contributed by atoms with Crippen LogP contribution in [0.25, 0.3) is 22.2 Å². The van der Waals surface area contributed by atoms with Crippen molar-refractivity contribution in [3.63, 3.8) is 0 Å². The van der Waals surface area contributed by atoms with Gasteiger partial charge in [0.2, 0.25) is 0 Å². The molecule has 0 spiro atoms. The van der Waals surface area contributed by atoms with E-state index >= 15 is 0 Å². The Labute approximate surface area is 256 Å². The lowest BCUT2D eigenvalue weighted by atomic mass is 9.92.